The number of aliphatic hydroxyl groups excluding tert-OH is 1. The van der Waals surface area contributed by atoms with Crippen LogP contribution in [-0.2, 0) is 0 Å². The van der Waals surface area contributed by atoms with Crippen molar-refractivity contribution in [2.45, 2.75) is 19.4 Å². The van der Waals surface area contributed by atoms with Crippen molar-refractivity contribution in [3.8, 4) is 12.1 Å². The average molecular weight is 124 g/mol. The van der Waals surface area contributed by atoms with Gasteiger partial charge in [0.2, 0.25) is 0 Å². The molecule has 9 heavy (non-hydrogen) atoms. The Hall–Kier alpha value is -1.06. The number of nitriles is 2. The van der Waals surface area contributed by atoms with E-state index in [0.29, 0.717) is 0 Å². The second-order valence-corrected chi connectivity index (χ2v) is 1.90. The van der Waals surface area contributed by atoms with Crippen molar-refractivity contribution in [3.63, 3.8) is 0 Å². The minimum atomic E-state index is -0.662. The molecule has 0 rings (SSSR count). The van der Waals surface area contributed by atoms with Crippen LogP contribution in [-0.4, -0.2) is 11.2 Å². The highest BCUT2D eigenvalue weighted by Crippen LogP contribution is 2.02. The molecule has 0 heterocycles. The van der Waals surface area contributed by atoms with E-state index in [4.69, 9.17) is 15.6 Å². The van der Waals surface area contributed by atoms with E-state index in [2.05, 4.69) is 0 Å². The van der Waals surface area contributed by atoms with Crippen LogP contribution in [0.4, 0.5) is 0 Å². The van der Waals surface area contributed by atoms with Crippen molar-refractivity contribution in [1.29, 1.82) is 10.5 Å². The van der Waals surface area contributed by atoms with Gasteiger partial charge < -0.3 is 5.11 Å². The summed E-state index contributed by atoms with van der Waals surface area (Å²) in [5, 5.41) is 25.1. The molecule has 0 saturated carbocycles. The van der Waals surface area contributed by atoms with Crippen LogP contribution in [0.3, 0.4) is 0 Å². The van der Waals surface area contributed by atoms with Crippen LogP contribution in [0, 0.1) is 28.6 Å². The summed E-state index contributed by atoms with van der Waals surface area (Å²) in [6.45, 7) is 1.56. The number of hydrogen-bond donors (Lipinski definition) is 1. The van der Waals surface area contributed by atoms with Gasteiger partial charge in [-0.15, -0.1) is 0 Å². The van der Waals surface area contributed by atoms with E-state index in [9.17, 15) is 0 Å². The topological polar surface area (TPSA) is 67.8 Å². The van der Waals surface area contributed by atoms with Crippen molar-refractivity contribution in [2.24, 2.45) is 5.92 Å². The Morgan fingerprint density at radius 3 is 2.00 bits per heavy atom. The van der Waals surface area contributed by atoms with Gasteiger partial charge in [-0.3, -0.25) is 0 Å². The first-order valence-electron chi connectivity index (χ1n) is 2.68. The fourth-order valence-electron chi connectivity index (χ4n) is 0.475. The van der Waals surface area contributed by atoms with Crippen LogP contribution in [0.1, 0.15) is 13.3 Å². The molecule has 48 valence electrons. The molecule has 0 bridgehead atoms. The molecule has 0 aromatic carbocycles. The Labute approximate surface area is 54.1 Å². The largest absolute Gasteiger partial charge is 0.393 e. The first kappa shape index (κ1) is 7.94. The molecule has 0 radical (unpaired) electrons. The summed E-state index contributed by atoms with van der Waals surface area (Å²) in [7, 11) is 0. The first-order chi connectivity index (χ1) is 4.20. The van der Waals surface area contributed by atoms with Crippen LogP contribution in [0.15, 0.2) is 0 Å². The van der Waals surface area contributed by atoms with E-state index in [0.717, 1.165) is 0 Å². The Balaban J connectivity index is 3.64. The van der Waals surface area contributed by atoms with E-state index < -0.39 is 12.0 Å². The lowest BCUT2D eigenvalue weighted by molar-refractivity contribution is 0.178. The third-order valence-corrected chi connectivity index (χ3v) is 0.888. The molecular weight excluding hydrogens is 116 g/mol. The normalized spacial score (nSPS) is 12.1. The van der Waals surface area contributed by atoms with Crippen molar-refractivity contribution in [2.75, 3.05) is 0 Å². The molecule has 0 aliphatic rings. The molecule has 3 nitrogen and oxygen atoms in total. The monoisotopic (exact) mass is 124 g/mol. The van der Waals surface area contributed by atoms with Crippen molar-refractivity contribution in [1.82, 2.24) is 0 Å². The predicted octanol–water partition coefficient (Wildman–Crippen LogP) is 0.421. The van der Waals surface area contributed by atoms with Crippen LogP contribution < -0.4 is 0 Å². The molecule has 0 saturated heterocycles. The molecular formula is C6H8N2O. The van der Waals surface area contributed by atoms with Gasteiger partial charge in [-0.25, -0.2) is 0 Å². The van der Waals surface area contributed by atoms with Gasteiger partial charge in [0.1, 0.15) is 5.92 Å². The van der Waals surface area contributed by atoms with Crippen molar-refractivity contribution >= 4 is 0 Å². The van der Waals surface area contributed by atoms with Gasteiger partial charge in [0.05, 0.1) is 18.2 Å². The first-order valence-corrected chi connectivity index (χ1v) is 2.68. The fourth-order valence-corrected chi connectivity index (χ4v) is 0.475. The summed E-state index contributed by atoms with van der Waals surface area (Å²) < 4.78 is 0. The molecule has 1 unspecified atom stereocenters. The minimum Gasteiger partial charge on any atom is -0.393 e. The number of hydrogen-bond acceptors (Lipinski definition) is 3. The summed E-state index contributed by atoms with van der Waals surface area (Å²) in [5.74, 6) is -0.662. The molecule has 1 atom stereocenters. The Bertz CT molecular complexity index is 137. The Morgan fingerprint density at radius 1 is 1.44 bits per heavy atom. The van der Waals surface area contributed by atoms with E-state index >= 15 is 0 Å². The smallest absolute Gasteiger partial charge is 0.135 e. The fraction of sp³-hybridized carbons (Fsp3) is 0.667. The zero-order valence-corrected chi connectivity index (χ0v) is 5.20. The highest BCUT2D eigenvalue weighted by molar-refractivity contribution is 4.99. The second kappa shape index (κ2) is 3.88. The molecule has 0 aliphatic heterocycles. The van der Waals surface area contributed by atoms with Crippen molar-refractivity contribution < 1.29 is 5.11 Å². The van der Waals surface area contributed by atoms with E-state index in [1.54, 1.807) is 19.1 Å². The third-order valence-electron chi connectivity index (χ3n) is 0.888. The Kier molecular flexibility index (Phi) is 3.43. The predicted molar refractivity (Wildman–Crippen MR) is 31.0 cm³/mol. The second-order valence-electron chi connectivity index (χ2n) is 1.90. The third kappa shape index (κ3) is 3.52. The van der Waals surface area contributed by atoms with Gasteiger partial charge in [-0.2, -0.15) is 10.5 Å². The average Bonchev–Trinajstić information content (AvgIpc) is 1.82. The van der Waals surface area contributed by atoms with Gasteiger partial charge in [-0.05, 0) is 6.92 Å². The summed E-state index contributed by atoms with van der Waals surface area (Å²) in [4.78, 5) is 0. The molecule has 0 amide bonds. The van der Waals surface area contributed by atoms with Crippen LogP contribution in [0.2, 0.25) is 0 Å². The maximum Gasteiger partial charge on any atom is 0.135 e. The molecule has 3 heteroatoms. The zero-order chi connectivity index (χ0) is 7.28. The van der Waals surface area contributed by atoms with Gasteiger partial charge >= 0.3 is 0 Å². The zero-order valence-electron chi connectivity index (χ0n) is 5.20. The molecule has 0 fully saturated rings. The van der Waals surface area contributed by atoms with Gasteiger partial charge in [-0.1, -0.05) is 0 Å². The van der Waals surface area contributed by atoms with Gasteiger partial charge in [0.15, 0.2) is 0 Å². The highest BCUT2D eigenvalue weighted by Gasteiger charge is 2.07. The van der Waals surface area contributed by atoms with E-state index in [1.165, 1.54) is 0 Å². The summed E-state index contributed by atoms with van der Waals surface area (Å²) in [6.07, 6.45) is -0.318. The standard InChI is InChI=1S/C6H8N2O/c1-5(9)2-6(3-7)4-8/h5-6,9H,2H2,1H3. The minimum absolute atomic E-state index is 0.243. The summed E-state index contributed by atoms with van der Waals surface area (Å²) in [5.41, 5.74) is 0. The maximum atomic E-state index is 8.68. The quantitative estimate of drug-likeness (QED) is 0.580. The van der Waals surface area contributed by atoms with E-state index in [1.807, 2.05) is 0 Å². The maximum absolute atomic E-state index is 8.68. The SMILES string of the molecule is CC(O)CC(C#N)C#N. The van der Waals surface area contributed by atoms with E-state index in [-0.39, 0.29) is 6.42 Å². The summed E-state index contributed by atoms with van der Waals surface area (Å²) >= 11 is 0. The lowest BCUT2D eigenvalue weighted by Crippen LogP contribution is -2.06. The molecule has 1 N–H and O–H groups in total. The van der Waals surface area contributed by atoms with Gasteiger partial charge in [0.25, 0.3) is 0 Å². The lowest BCUT2D eigenvalue weighted by atomic mass is 10.1. The van der Waals surface area contributed by atoms with Crippen LogP contribution in [0.5, 0.6) is 0 Å². The highest BCUT2D eigenvalue weighted by atomic mass is 16.3. The molecule has 0 spiro atoms. The summed E-state index contributed by atoms with van der Waals surface area (Å²) in [6, 6.07) is 3.52. The van der Waals surface area contributed by atoms with Crippen LogP contribution in [0.25, 0.3) is 0 Å². The molecule has 0 aliphatic carbocycles. The van der Waals surface area contributed by atoms with Crippen LogP contribution >= 0.6 is 0 Å². The van der Waals surface area contributed by atoms with Gasteiger partial charge in [0, 0.05) is 6.42 Å². The molecule has 0 aromatic rings. The molecule has 0 aromatic heterocycles. The Morgan fingerprint density at radius 2 is 1.89 bits per heavy atom. The number of aliphatic hydroxyl groups is 1. The number of nitrogens with zero attached hydrogens (tertiary/aromatic N) is 2. The van der Waals surface area contributed by atoms with Crippen molar-refractivity contribution in [3.05, 3.63) is 0 Å². The lowest BCUT2D eigenvalue weighted by Gasteiger charge is -2.00. The number of rotatable bonds is 2.